The van der Waals surface area contributed by atoms with Crippen molar-refractivity contribution in [2.75, 3.05) is 7.11 Å². The minimum atomic E-state index is 0.369. The van der Waals surface area contributed by atoms with Crippen molar-refractivity contribution in [2.24, 2.45) is 0 Å². The minimum absolute atomic E-state index is 0.369. The molecule has 0 aliphatic carbocycles. The standard InChI is InChI=1S/C25H26N4O2/c1-16-4-3-5-17(10-16)22-12-25-26-13-21-23-9-6-18(11-24(21)29(25)27-22)28(23)14-19-7-8-20(31-19)15-30-2/h3-5,7-8,10,12-13,18,23H,6,9,11,14-15H2,1-2H3/t18-,23-/m0/s1. The lowest BCUT2D eigenvalue weighted by molar-refractivity contribution is 0.140. The first-order chi connectivity index (χ1) is 15.2. The molecule has 0 radical (unpaired) electrons. The zero-order valence-corrected chi connectivity index (χ0v) is 17.9. The Balaban J connectivity index is 1.34. The summed E-state index contributed by atoms with van der Waals surface area (Å²) < 4.78 is 13.2. The number of benzene rings is 1. The van der Waals surface area contributed by atoms with Gasteiger partial charge in [0, 0.05) is 49.0 Å². The molecule has 6 heteroatoms. The molecule has 1 saturated heterocycles. The molecule has 4 aromatic rings. The summed E-state index contributed by atoms with van der Waals surface area (Å²) >= 11 is 0. The molecule has 1 fully saturated rings. The zero-order chi connectivity index (χ0) is 20.9. The van der Waals surface area contributed by atoms with Crippen LogP contribution < -0.4 is 0 Å². The number of fused-ring (bicyclic) bond motifs is 6. The summed E-state index contributed by atoms with van der Waals surface area (Å²) in [5.74, 6) is 1.88. The molecular weight excluding hydrogens is 388 g/mol. The molecule has 2 atom stereocenters. The molecule has 31 heavy (non-hydrogen) atoms. The van der Waals surface area contributed by atoms with E-state index in [2.05, 4.69) is 58.9 Å². The van der Waals surface area contributed by atoms with Crippen LogP contribution >= 0.6 is 0 Å². The van der Waals surface area contributed by atoms with E-state index >= 15 is 0 Å². The lowest BCUT2D eigenvalue weighted by Gasteiger charge is -2.35. The van der Waals surface area contributed by atoms with E-state index in [1.165, 1.54) is 23.2 Å². The van der Waals surface area contributed by atoms with Gasteiger partial charge in [-0.25, -0.2) is 9.50 Å². The zero-order valence-electron chi connectivity index (χ0n) is 17.9. The highest BCUT2D eigenvalue weighted by molar-refractivity contribution is 5.65. The second-order valence-corrected chi connectivity index (χ2v) is 8.75. The molecule has 0 spiro atoms. The maximum atomic E-state index is 5.97. The van der Waals surface area contributed by atoms with E-state index in [0.29, 0.717) is 18.7 Å². The van der Waals surface area contributed by atoms with Crippen LogP contribution in [0.2, 0.25) is 0 Å². The Hall–Kier alpha value is -2.96. The Bertz CT molecular complexity index is 1260. The van der Waals surface area contributed by atoms with Crippen LogP contribution in [0.25, 0.3) is 16.9 Å². The van der Waals surface area contributed by atoms with Crippen molar-refractivity contribution in [2.45, 2.75) is 51.4 Å². The van der Waals surface area contributed by atoms with Gasteiger partial charge >= 0.3 is 0 Å². The van der Waals surface area contributed by atoms with Crippen LogP contribution in [-0.2, 0) is 24.3 Å². The van der Waals surface area contributed by atoms with Crippen LogP contribution in [0.1, 0.15) is 47.2 Å². The van der Waals surface area contributed by atoms with Gasteiger partial charge in [-0.15, -0.1) is 0 Å². The number of ether oxygens (including phenoxy) is 1. The van der Waals surface area contributed by atoms with Crippen LogP contribution in [0.5, 0.6) is 0 Å². The van der Waals surface area contributed by atoms with Crippen molar-refractivity contribution >= 4 is 5.65 Å². The number of furan rings is 1. The van der Waals surface area contributed by atoms with Crippen molar-refractivity contribution in [1.29, 1.82) is 0 Å². The van der Waals surface area contributed by atoms with E-state index in [0.717, 1.165) is 47.8 Å². The molecule has 2 bridgehead atoms. The molecule has 3 aromatic heterocycles. The quantitative estimate of drug-likeness (QED) is 0.474. The summed E-state index contributed by atoms with van der Waals surface area (Å²) in [6.07, 6.45) is 5.41. The van der Waals surface area contributed by atoms with Crippen molar-refractivity contribution in [3.8, 4) is 11.3 Å². The molecular formula is C25H26N4O2. The maximum absolute atomic E-state index is 5.97. The highest BCUT2D eigenvalue weighted by Crippen LogP contribution is 2.44. The molecule has 6 rings (SSSR count). The van der Waals surface area contributed by atoms with E-state index in [4.69, 9.17) is 19.2 Å². The van der Waals surface area contributed by atoms with Crippen molar-refractivity contribution in [3.63, 3.8) is 0 Å². The number of nitrogens with zero attached hydrogens (tertiary/aromatic N) is 4. The third-order valence-electron chi connectivity index (χ3n) is 6.70. The highest BCUT2D eigenvalue weighted by atomic mass is 16.5. The number of aryl methyl sites for hydroxylation is 1. The number of aromatic nitrogens is 3. The average molecular weight is 415 g/mol. The van der Waals surface area contributed by atoms with Gasteiger partial charge in [-0.2, -0.15) is 5.10 Å². The molecule has 5 heterocycles. The van der Waals surface area contributed by atoms with Gasteiger partial charge in [-0.3, -0.25) is 4.90 Å². The van der Waals surface area contributed by atoms with E-state index < -0.39 is 0 Å². The molecule has 0 saturated carbocycles. The smallest absolute Gasteiger partial charge is 0.155 e. The largest absolute Gasteiger partial charge is 0.462 e. The second kappa shape index (κ2) is 7.32. The van der Waals surface area contributed by atoms with Crippen molar-refractivity contribution in [1.82, 2.24) is 19.5 Å². The molecule has 0 N–H and O–H groups in total. The Morgan fingerprint density at radius 1 is 1.13 bits per heavy atom. The summed E-state index contributed by atoms with van der Waals surface area (Å²) in [6.45, 7) is 3.45. The number of hydrogen-bond acceptors (Lipinski definition) is 5. The van der Waals surface area contributed by atoms with Crippen LogP contribution in [0, 0.1) is 6.92 Å². The molecule has 158 valence electrons. The van der Waals surface area contributed by atoms with E-state index in [-0.39, 0.29) is 0 Å². The summed E-state index contributed by atoms with van der Waals surface area (Å²) in [4.78, 5) is 7.36. The molecule has 0 amide bonds. The fourth-order valence-corrected chi connectivity index (χ4v) is 5.28. The fourth-order valence-electron chi connectivity index (χ4n) is 5.28. The predicted octanol–water partition coefficient (Wildman–Crippen LogP) is 4.71. The van der Waals surface area contributed by atoms with Gasteiger partial charge in [-0.05, 0) is 38.0 Å². The molecule has 2 aliphatic heterocycles. The Morgan fingerprint density at radius 3 is 2.90 bits per heavy atom. The first-order valence-corrected chi connectivity index (χ1v) is 11.0. The first-order valence-electron chi connectivity index (χ1n) is 11.0. The average Bonchev–Trinajstić information content (AvgIpc) is 3.46. The Labute approximate surface area is 181 Å². The van der Waals surface area contributed by atoms with E-state index in [1.807, 2.05) is 6.07 Å². The van der Waals surface area contributed by atoms with Crippen LogP contribution in [0.3, 0.4) is 0 Å². The number of hydrogen-bond donors (Lipinski definition) is 0. The van der Waals surface area contributed by atoms with Gasteiger partial charge in [0.05, 0.1) is 17.9 Å². The fraction of sp³-hybridized carbons (Fsp3) is 0.360. The summed E-state index contributed by atoms with van der Waals surface area (Å²) in [6, 6.07) is 15.6. The maximum Gasteiger partial charge on any atom is 0.155 e. The van der Waals surface area contributed by atoms with Crippen LogP contribution in [0.4, 0.5) is 0 Å². The third kappa shape index (κ3) is 3.18. The lowest BCUT2D eigenvalue weighted by Crippen LogP contribution is -2.38. The van der Waals surface area contributed by atoms with Gasteiger partial charge in [-0.1, -0.05) is 23.8 Å². The van der Waals surface area contributed by atoms with Gasteiger partial charge in [0.2, 0.25) is 0 Å². The predicted molar refractivity (Wildman–Crippen MR) is 118 cm³/mol. The Kier molecular flexibility index (Phi) is 4.44. The summed E-state index contributed by atoms with van der Waals surface area (Å²) in [7, 11) is 1.69. The van der Waals surface area contributed by atoms with Crippen molar-refractivity contribution < 1.29 is 9.15 Å². The lowest BCUT2D eigenvalue weighted by atomic mass is 9.99. The Morgan fingerprint density at radius 2 is 2.03 bits per heavy atom. The van der Waals surface area contributed by atoms with Crippen LogP contribution in [0.15, 0.2) is 53.1 Å². The van der Waals surface area contributed by atoms with Gasteiger partial charge in [0.25, 0.3) is 0 Å². The van der Waals surface area contributed by atoms with Crippen LogP contribution in [-0.4, -0.2) is 32.6 Å². The van der Waals surface area contributed by atoms with Gasteiger partial charge in [0.1, 0.15) is 18.1 Å². The normalized spacial score (nSPS) is 20.5. The summed E-state index contributed by atoms with van der Waals surface area (Å²) in [5.41, 5.74) is 6.92. The molecule has 6 nitrogen and oxygen atoms in total. The third-order valence-corrected chi connectivity index (χ3v) is 6.70. The number of methoxy groups -OCH3 is 1. The molecule has 1 aromatic carbocycles. The van der Waals surface area contributed by atoms with Gasteiger partial charge in [0.15, 0.2) is 5.65 Å². The van der Waals surface area contributed by atoms with E-state index in [9.17, 15) is 0 Å². The van der Waals surface area contributed by atoms with Gasteiger partial charge < -0.3 is 9.15 Å². The second-order valence-electron chi connectivity index (χ2n) is 8.75. The summed E-state index contributed by atoms with van der Waals surface area (Å²) in [5, 5.41) is 4.97. The molecule has 2 aliphatic rings. The monoisotopic (exact) mass is 414 g/mol. The highest BCUT2D eigenvalue weighted by Gasteiger charge is 2.41. The molecule has 0 unspecified atom stereocenters. The van der Waals surface area contributed by atoms with Crippen molar-refractivity contribution in [3.05, 3.63) is 77.0 Å². The topological polar surface area (TPSA) is 55.8 Å². The number of rotatable bonds is 5. The minimum Gasteiger partial charge on any atom is -0.462 e. The first kappa shape index (κ1) is 18.8. The SMILES string of the molecule is COCc1ccc(CN2[C@H]3CC[C@H]2c2cnc4cc(-c5cccc(C)c5)nn4c2C3)o1. The van der Waals surface area contributed by atoms with E-state index in [1.54, 1.807) is 7.11 Å².